The number of carbonyl (C=O) groups is 1. The number of aldehydes is 1. The van der Waals surface area contributed by atoms with Crippen LogP contribution in [0.5, 0.6) is 0 Å². The van der Waals surface area contributed by atoms with Gasteiger partial charge in [0.2, 0.25) is 0 Å². The zero-order valence-corrected chi connectivity index (χ0v) is 10.4. The number of aromatic nitrogens is 3. The largest absolute Gasteiger partial charge is 0.306 e. The van der Waals surface area contributed by atoms with Crippen LogP contribution in [0, 0.1) is 5.92 Å². The first kappa shape index (κ1) is 11.3. The molecule has 3 rings (SSSR count). The molecule has 1 aliphatic rings. The van der Waals surface area contributed by atoms with Gasteiger partial charge in [-0.1, -0.05) is 0 Å². The quantitative estimate of drug-likeness (QED) is 0.757. The van der Waals surface area contributed by atoms with E-state index in [0.29, 0.717) is 11.5 Å². The highest BCUT2D eigenvalue weighted by Crippen LogP contribution is 2.18. The Morgan fingerprint density at radius 3 is 3.11 bits per heavy atom. The predicted octanol–water partition coefficient (Wildman–Crippen LogP) is 1.04. The highest BCUT2D eigenvalue weighted by atomic mass is 16.1. The van der Waals surface area contributed by atoms with Crippen molar-refractivity contribution in [1.82, 2.24) is 19.5 Å². The number of rotatable bonds is 3. The van der Waals surface area contributed by atoms with E-state index >= 15 is 0 Å². The van der Waals surface area contributed by atoms with Crippen LogP contribution in [0.25, 0.3) is 5.65 Å². The second kappa shape index (κ2) is 4.49. The molecule has 0 bridgehead atoms. The highest BCUT2D eigenvalue weighted by Gasteiger charge is 2.21. The summed E-state index contributed by atoms with van der Waals surface area (Å²) in [6.07, 6.45) is 4.68. The highest BCUT2D eigenvalue weighted by molar-refractivity contribution is 5.74. The molecule has 5 heteroatoms. The fraction of sp³-hybridized carbons (Fsp3) is 0.462. The SMILES string of the molecule is CN1CCC(Cc2nc3ccc(C=O)cn3n2)C1. The molecule has 1 atom stereocenters. The van der Waals surface area contributed by atoms with Gasteiger partial charge in [0.05, 0.1) is 0 Å². The molecule has 1 fully saturated rings. The van der Waals surface area contributed by atoms with Gasteiger partial charge in [0.15, 0.2) is 17.8 Å². The molecular formula is C13H16N4O. The van der Waals surface area contributed by atoms with Crippen LogP contribution in [-0.4, -0.2) is 45.9 Å². The van der Waals surface area contributed by atoms with Gasteiger partial charge >= 0.3 is 0 Å². The summed E-state index contributed by atoms with van der Waals surface area (Å²) in [6, 6.07) is 3.60. The van der Waals surface area contributed by atoms with Crippen molar-refractivity contribution in [2.45, 2.75) is 12.8 Å². The van der Waals surface area contributed by atoms with Crippen LogP contribution >= 0.6 is 0 Å². The lowest BCUT2D eigenvalue weighted by atomic mass is 10.1. The van der Waals surface area contributed by atoms with E-state index in [9.17, 15) is 4.79 Å². The van der Waals surface area contributed by atoms with Crippen molar-refractivity contribution in [3.05, 3.63) is 29.7 Å². The maximum Gasteiger partial charge on any atom is 0.155 e. The van der Waals surface area contributed by atoms with Crippen molar-refractivity contribution < 1.29 is 4.79 Å². The van der Waals surface area contributed by atoms with Gasteiger partial charge in [-0.05, 0) is 38.1 Å². The van der Waals surface area contributed by atoms with Gasteiger partial charge in [0, 0.05) is 24.7 Å². The van der Waals surface area contributed by atoms with Crippen LogP contribution in [0.15, 0.2) is 18.3 Å². The summed E-state index contributed by atoms with van der Waals surface area (Å²) in [5, 5.41) is 4.44. The van der Waals surface area contributed by atoms with Crippen molar-refractivity contribution in [2.75, 3.05) is 20.1 Å². The second-order valence-corrected chi connectivity index (χ2v) is 5.03. The lowest BCUT2D eigenvalue weighted by Crippen LogP contribution is -2.15. The molecule has 18 heavy (non-hydrogen) atoms. The molecule has 3 heterocycles. The van der Waals surface area contributed by atoms with Crippen LogP contribution in [0.1, 0.15) is 22.6 Å². The number of pyridine rings is 1. The molecule has 1 unspecified atom stereocenters. The van der Waals surface area contributed by atoms with Gasteiger partial charge in [0.1, 0.15) is 0 Å². The fourth-order valence-electron chi connectivity index (χ4n) is 2.55. The summed E-state index contributed by atoms with van der Waals surface area (Å²) in [6.45, 7) is 2.28. The number of carbonyl (C=O) groups excluding carboxylic acids is 1. The molecular weight excluding hydrogens is 228 g/mol. The smallest absolute Gasteiger partial charge is 0.155 e. The first-order chi connectivity index (χ1) is 8.74. The van der Waals surface area contributed by atoms with E-state index in [1.54, 1.807) is 16.8 Å². The van der Waals surface area contributed by atoms with E-state index in [0.717, 1.165) is 37.3 Å². The van der Waals surface area contributed by atoms with Gasteiger partial charge in [-0.25, -0.2) is 9.50 Å². The maximum absolute atomic E-state index is 10.7. The zero-order chi connectivity index (χ0) is 12.5. The summed E-state index contributed by atoms with van der Waals surface area (Å²) < 4.78 is 1.69. The Bertz CT molecular complexity index is 577. The maximum atomic E-state index is 10.7. The van der Waals surface area contributed by atoms with Crippen LogP contribution in [0.2, 0.25) is 0 Å². The normalized spacial score (nSPS) is 20.6. The minimum absolute atomic E-state index is 0.625. The van der Waals surface area contributed by atoms with E-state index in [1.807, 2.05) is 6.07 Å². The minimum Gasteiger partial charge on any atom is -0.306 e. The van der Waals surface area contributed by atoms with Gasteiger partial charge < -0.3 is 4.90 Å². The Balaban J connectivity index is 1.82. The summed E-state index contributed by atoms with van der Waals surface area (Å²) in [5.74, 6) is 1.52. The Morgan fingerprint density at radius 1 is 1.50 bits per heavy atom. The Morgan fingerprint density at radius 2 is 2.39 bits per heavy atom. The molecule has 94 valence electrons. The summed E-state index contributed by atoms with van der Waals surface area (Å²) >= 11 is 0. The molecule has 5 nitrogen and oxygen atoms in total. The summed E-state index contributed by atoms with van der Waals surface area (Å²) in [4.78, 5) is 17.5. The average molecular weight is 244 g/mol. The predicted molar refractivity (Wildman–Crippen MR) is 67.7 cm³/mol. The molecule has 1 aliphatic heterocycles. The van der Waals surface area contributed by atoms with Gasteiger partial charge in [-0.3, -0.25) is 4.79 Å². The molecule has 0 spiro atoms. The Labute approximate surface area is 105 Å². The van der Waals surface area contributed by atoms with E-state index in [1.165, 1.54) is 6.42 Å². The van der Waals surface area contributed by atoms with E-state index in [2.05, 4.69) is 22.0 Å². The van der Waals surface area contributed by atoms with Gasteiger partial charge in [-0.2, -0.15) is 5.10 Å². The third-order valence-corrected chi connectivity index (χ3v) is 3.49. The van der Waals surface area contributed by atoms with Gasteiger partial charge in [0.25, 0.3) is 0 Å². The van der Waals surface area contributed by atoms with E-state index < -0.39 is 0 Å². The first-order valence-electron chi connectivity index (χ1n) is 6.23. The number of fused-ring (bicyclic) bond motifs is 1. The van der Waals surface area contributed by atoms with Crippen molar-refractivity contribution in [3.8, 4) is 0 Å². The average Bonchev–Trinajstić information content (AvgIpc) is 2.94. The third-order valence-electron chi connectivity index (χ3n) is 3.49. The van der Waals surface area contributed by atoms with Crippen molar-refractivity contribution in [2.24, 2.45) is 5.92 Å². The molecule has 0 radical (unpaired) electrons. The lowest BCUT2D eigenvalue weighted by molar-refractivity contribution is 0.112. The molecule has 2 aromatic rings. The van der Waals surface area contributed by atoms with Crippen LogP contribution in [0.3, 0.4) is 0 Å². The topological polar surface area (TPSA) is 50.5 Å². The monoisotopic (exact) mass is 244 g/mol. The Kier molecular flexibility index (Phi) is 2.83. The standard InChI is InChI=1S/C13H16N4O/c1-16-5-4-10(7-16)6-12-14-13-3-2-11(9-18)8-17(13)15-12/h2-3,8-10H,4-7H2,1H3. The third kappa shape index (κ3) is 2.13. The van der Waals surface area contributed by atoms with Crippen molar-refractivity contribution in [3.63, 3.8) is 0 Å². The molecule has 0 N–H and O–H groups in total. The first-order valence-corrected chi connectivity index (χ1v) is 6.23. The van der Waals surface area contributed by atoms with Gasteiger partial charge in [-0.15, -0.1) is 0 Å². The van der Waals surface area contributed by atoms with Crippen molar-refractivity contribution >= 4 is 11.9 Å². The number of nitrogens with zero attached hydrogens (tertiary/aromatic N) is 4. The zero-order valence-electron chi connectivity index (χ0n) is 10.4. The van der Waals surface area contributed by atoms with E-state index in [4.69, 9.17) is 0 Å². The fourth-order valence-corrected chi connectivity index (χ4v) is 2.55. The Hall–Kier alpha value is -1.75. The van der Waals surface area contributed by atoms with Crippen molar-refractivity contribution in [1.29, 1.82) is 0 Å². The number of hydrogen-bond acceptors (Lipinski definition) is 4. The van der Waals surface area contributed by atoms with Crippen LogP contribution in [-0.2, 0) is 6.42 Å². The summed E-state index contributed by atoms with van der Waals surface area (Å²) in [5.41, 5.74) is 1.43. The molecule has 2 aromatic heterocycles. The van der Waals surface area contributed by atoms with E-state index in [-0.39, 0.29) is 0 Å². The molecule has 0 saturated carbocycles. The molecule has 0 aliphatic carbocycles. The molecule has 0 amide bonds. The van der Waals surface area contributed by atoms with Crippen LogP contribution < -0.4 is 0 Å². The number of hydrogen-bond donors (Lipinski definition) is 0. The van der Waals surface area contributed by atoms with Crippen LogP contribution in [0.4, 0.5) is 0 Å². The lowest BCUT2D eigenvalue weighted by Gasteiger charge is -2.07. The molecule has 1 saturated heterocycles. The second-order valence-electron chi connectivity index (χ2n) is 5.03. The number of likely N-dealkylation sites (tertiary alicyclic amines) is 1. The molecule has 0 aromatic carbocycles. The minimum atomic E-state index is 0.625. The summed E-state index contributed by atoms with van der Waals surface area (Å²) in [7, 11) is 2.15.